The second kappa shape index (κ2) is 11.7. The van der Waals surface area contributed by atoms with Gasteiger partial charge in [-0.1, -0.05) is 0 Å². The fourth-order valence-electron chi connectivity index (χ4n) is 4.22. The molecule has 0 saturated heterocycles. The van der Waals surface area contributed by atoms with Crippen molar-refractivity contribution in [3.8, 4) is 0 Å². The third kappa shape index (κ3) is 7.32. The van der Waals surface area contributed by atoms with E-state index < -0.39 is 18.4 Å². The Morgan fingerprint density at radius 1 is 0.913 bits per heavy atom. The molecule has 0 aromatic carbocycles. The molecule has 134 valence electrons. The standard InChI is InChI=1S/C9H13O.3C4H9.Sn/c1-7(2)9(10)8-5-3-4-6-8;3*1-3-4-2;/h1,8H,3-6H2,2H3;3*1,3-4H2,2H3;. The summed E-state index contributed by atoms with van der Waals surface area (Å²) < 4.78 is 7.05. The van der Waals surface area contributed by atoms with Crippen molar-refractivity contribution < 1.29 is 4.79 Å². The molecular weight excluding hydrogens is 387 g/mol. The van der Waals surface area contributed by atoms with Gasteiger partial charge in [0, 0.05) is 0 Å². The first kappa shape index (κ1) is 21.3. The topological polar surface area (TPSA) is 17.1 Å². The molecule has 0 N–H and O–H groups in total. The second-order valence-corrected chi connectivity index (χ2v) is 20.7. The summed E-state index contributed by atoms with van der Waals surface area (Å²) in [5.74, 6) is 0.867. The summed E-state index contributed by atoms with van der Waals surface area (Å²) in [4.78, 5) is 12.8. The van der Waals surface area contributed by atoms with Crippen LogP contribution < -0.4 is 0 Å². The van der Waals surface area contributed by atoms with Crippen molar-refractivity contribution in [2.24, 2.45) is 5.92 Å². The van der Waals surface area contributed by atoms with Gasteiger partial charge in [-0.05, 0) is 0 Å². The van der Waals surface area contributed by atoms with Gasteiger partial charge in [0.05, 0.1) is 0 Å². The molecule has 1 fully saturated rings. The molecule has 0 spiro atoms. The Balaban J connectivity index is 2.92. The fraction of sp³-hybridized carbons (Fsp3) is 0.857. The quantitative estimate of drug-likeness (QED) is 0.240. The van der Waals surface area contributed by atoms with Crippen LogP contribution >= 0.6 is 0 Å². The third-order valence-electron chi connectivity index (χ3n) is 5.72. The normalized spacial score (nSPS) is 17.0. The number of unbranched alkanes of at least 4 members (excludes halogenated alkanes) is 3. The molecule has 0 heterocycles. The first-order valence-electron chi connectivity index (χ1n) is 10.3. The average molecular weight is 427 g/mol. The van der Waals surface area contributed by atoms with Gasteiger partial charge in [0.1, 0.15) is 0 Å². The summed E-state index contributed by atoms with van der Waals surface area (Å²) in [5.41, 5.74) is 1.16. The van der Waals surface area contributed by atoms with E-state index in [1.807, 2.05) is 0 Å². The van der Waals surface area contributed by atoms with Gasteiger partial charge in [0.15, 0.2) is 0 Å². The Bertz CT molecular complexity index is 344. The summed E-state index contributed by atoms with van der Waals surface area (Å²) in [6, 6.07) is 0. The minimum atomic E-state index is -2.29. The molecule has 0 atom stereocenters. The van der Waals surface area contributed by atoms with Crippen LogP contribution in [0.15, 0.2) is 9.67 Å². The Morgan fingerprint density at radius 3 is 1.74 bits per heavy atom. The second-order valence-electron chi connectivity index (χ2n) is 7.85. The molecule has 1 rings (SSSR count). The molecule has 0 amide bonds. The maximum atomic E-state index is 12.8. The average Bonchev–Trinajstić information content (AvgIpc) is 3.09. The molecular formula is C21H40OSn. The van der Waals surface area contributed by atoms with Crippen molar-refractivity contribution in [3.05, 3.63) is 9.67 Å². The third-order valence-corrected chi connectivity index (χ3v) is 20.3. The Kier molecular flexibility index (Phi) is 10.8. The number of hydrogen-bond donors (Lipinski definition) is 0. The van der Waals surface area contributed by atoms with Crippen molar-refractivity contribution in [2.75, 3.05) is 0 Å². The van der Waals surface area contributed by atoms with Crippen LogP contribution in [0.25, 0.3) is 0 Å². The van der Waals surface area contributed by atoms with Gasteiger partial charge >= 0.3 is 150 Å². The molecule has 0 aromatic rings. The minimum absolute atomic E-state index is 0.360. The van der Waals surface area contributed by atoms with Crippen LogP contribution in [0.3, 0.4) is 0 Å². The van der Waals surface area contributed by atoms with Crippen LogP contribution in [0, 0.1) is 5.92 Å². The van der Waals surface area contributed by atoms with E-state index in [0.717, 1.165) is 18.4 Å². The number of rotatable bonds is 12. The summed E-state index contributed by atoms with van der Waals surface area (Å²) in [6.45, 7) is 9.10. The van der Waals surface area contributed by atoms with Crippen molar-refractivity contribution in [3.63, 3.8) is 0 Å². The molecule has 23 heavy (non-hydrogen) atoms. The Labute approximate surface area is 149 Å². The van der Waals surface area contributed by atoms with E-state index in [2.05, 4.69) is 31.8 Å². The number of carbonyl (C=O) groups is 1. The zero-order valence-corrected chi connectivity index (χ0v) is 19.1. The first-order chi connectivity index (χ1) is 11.1. The van der Waals surface area contributed by atoms with E-state index in [-0.39, 0.29) is 0 Å². The molecule has 0 unspecified atom stereocenters. The van der Waals surface area contributed by atoms with Crippen LogP contribution in [0.5, 0.6) is 0 Å². The molecule has 0 aromatic heterocycles. The maximum absolute atomic E-state index is 12.8. The van der Waals surface area contributed by atoms with Crippen molar-refractivity contribution in [2.45, 2.75) is 105 Å². The van der Waals surface area contributed by atoms with E-state index in [9.17, 15) is 4.79 Å². The van der Waals surface area contributed by atoms with E-state index >= 15 is 0 Å². The van der Waals surface area contributed by atoms with Gasteiger partial charge in [-0.3, -0.25) is 0 Å². The van der Waals surface area contributed by atoms with Gasteiger partial charge in [-0.15, -0.1) is 0 Å². The monoisotopic (exact) mass is 428 g/mol. The van der Waals surface area contributed by atoms with Crippen LogP contribution in [-0.4, -0.2) is 24.2 Å². The summed E-state index contributed by atoms with van der Waals surface area (Å²) in [7, 11) is 0. The summed E-state index contributed by atoms with van der Waals surface area (Å²) in [6.07, 6.45) is 12.9. The van der Waals surface area contributed by atoms with Crippen molar-refractivity contribution >= 4 is 24.2 Å². The molecule has 0 radical (unpaired) electrons. The van der Waals surface area contributed by atoms with Crippen LogP contribution in [0.2, 0.25) is 13.3 Å². The summed E-state index contributed by atoms with van der Waals surface area (Å²) in [5, 5.41) is 0. The van der Waals surface area contributed by atoms with E-state index in [0.29, 0.717) is 11.7 Å². The molecule has 1 saturated carbocycles. The molecule has 2 heteroatoms. The number of ketones is 1. The molecule has 1 aliphatic carbocycles. The molecule has 1 nitrogen and oxygen atoms in total. The first-order valence-corrected chi connectivity index (χ1v) is 18.0. The SMILES string of the molecule is CCC[CH2][Sn](/[CH]=C(\C)C(=O)C1CCCC1)([CH2]CCC)[CH2]CCC. The number of hydrogen-bond acceptors (Lipinski definition) is 1. The molecule has 0 aliphatic heterocycles. The number of carbonyl (C=O) groups excluding carboxylic acids is 1. The van der Waals surface area contributed by atoms with Gasteiger partial charge in [-0.2, -0.15) is 0 Å². The fourth-order valence-corrected chi connectivity index (χ4v) is 19.7. The van der Waals surface area contributed by atoms with E-state index in [4.69, 9.17) is 0 Å². The zero-order chi connectivity index (χ0) is 17.1. The number of allylic oxidation sites excluding steroid dienone is 1. The van der Waals surface area contributed by atoms with Gasteiger partial charge in [0.2, 0.25) is 0 Å². The Morgan fingerprint density at radius 2 is 1.35 bits per heavy atom. The predicted molar refractivity (Wildman–Crippen MR) is 106 cm³/mol. The molecule has 0 bridgehead atoms. The Hall–Kier alpha value is 0.209. The number of Topliss-reactive ketones (excluding diaryl/α,β-unsaturated/α-hetero) is 1. The van der Waals surface area contributed by atoms with Crippen LogP contribution in [-0.2, 0) is 4.79 Å². The van der Waals surface area contributed by atoms with Crippen LogP contribution in [0.4, 0.5) is 0 Å². The van der Waals surface area contributed by atoms with Gasteiger partial charge < -0.3 is 0 Å². The predicted octanol–water partition coefficient (Wildman–Crippen LogP) is 7.08. The zero-order valence-electron chi connectivity index (χ0n) is 16.3. The van der Waals surface area contributed by atoms with Gasteiger partial charge in [0.25, 0.3) is 0 Å². The van der Waals surface area contributed by atoms with E-state index in [1.54, 1.807) is 0 Å². The van der Waals surface area contributed by atoms with Crippen molar-refractivity contribution in [1.29, 1.82) is 0 Å². The summed E-state index contributed by atoms with van der Waals surface area (Å²) >= 11 is -2.29. The van der Waals surface area contributed by atoms with Crippen molar-refractivity contribution in [1.82, 2.24) is 0 Å². The van der Waals surface area contributed by atoms with Gasteiger partial charge in [-0.25, -0.2) is 0 Å². The van der Waals surface area contributed by atoms with E-state index in [1.165, 1.54) is 64.7 Å². The molecule has 1 aliphatic rings. The van der Waals surface area contributed by atoms with Crippen LogP contribution in [0.1, 0.15) is 91.9 Å².